The van der Waals surface area contributed by atoms with Crippen LogP contribution in [0, 0.1) is 0 Å². The topological polar surface area (TPSA) is 81.2 Å². The predicted octanol–water partition coefficient (Wildman–Crippen LogP) is 4.88. The number of methoxy groups -OCH3 is 3. The molecule has 192 valence electrons. The number of benzene rings is 2. The first-order valence-electron chi connectivity index (χ1n) is 11.4. The molecule has 2 heterocycles. The van der Waals surface area contributed by atoms with Crippen LogP contribution in [-0.4, -0.2) is 69.4 Å². The minimum Gasteiger partial charge on any atom is -0.495 e. The summed E-state index contributed by atoms with van der Waals surface area (Å²) >= 11 is 12.8. The van der Waals surface area contributed by atoms with E-state index in [-0.39, 0.29) is 6.61 Å². The Balaban J connectivity index is 1.42. The number of nitrogens with one attached hydrogen (secondary N) is 1. The average molecular weight is 534 g/mol. The Kier molecular flexibility index (Phi) is 8.45. The van der Waals surface area contributed by atoms with Gasteiger partial charge in [-0.3, -0.25) is 0 Å². The highest BCUT2D eigenvalue weighted by Crippen LogP contribution is 2.40. The fourth-order valence-electron chi connectivity index (χ4n) is 3.87. The van der Waals surface area contributed by atoms with Crippen molar-refractivity contribution >= 4 is 40.5 Å². The van der Waals surface area contributed by atoms with E-state index in [4.69, 9.17) is 42.1 Å². The Labute approximate surface area is 220 Å². The molecule has 1 saturated heterocycles. The van der Waals surface area contributed by atoms with Gasteiger partial charge in [-0.25, -0.2) is 9.97 Å². The van der Waals surface area contributed by atoms with Crippen molar-refractivity contribution in [2.75, 3.05) is 64.8 Å². The zero-order valence-electron chi connectivity index (χ0n) is 20.7. The molecule has 0 aliphatic carbocycles. The van der Waals surface area contributed by atoms with Gasteiger partial charge in [0.1, 0.15) is 23.9 Å². The number of likely N-dealkylation sites (N-methyl/N-ethyl adjacent to an activating group) is 1. The van der Waals surface area contributed by atoms with Gasteiger partial charge in [0.2, 0.25) is 5.95 Å². The van der Waals surface area contributed by atoms with Crippen LogP contribution in [-0.2, 0) is 6.61 Å². The SMILES string of the molecule is COc1cc(Nc2ncc(OCc3c(Cl)c(OC)cc(OC)c3Cl)cn2)ccc1N1CCN(C)CC1. The fourth-order valence-corrected chi connectivity index (χ4v) is 4.48. The second-order valence-electron chi connectivity index (χ2n) is 8.22. The number of rotatable bonds is 9. The maximum Gasteiger partial charge on any atom is 0.227 e. The van der Waals surface area contributed by atoms with Gasteiger partial charge in [0.15, 0.2) is 5.75 Å². The largest absolute Gasteiger partial charge is 0.495 e. The quantitative estimate of drug-likeness (QED) is 0.413. The van der Waals surface area contributed by atoms with E-state index in [9.17, 15) is 0 Å². The van der Waals surface area contributed by atoms with Crippen molar-refractivity contribution in [3.63, 3.8) is 0 Å². The summed E-state index contributed by atoms with van der Waals surface area (Å²) in [5, 5.41) is 3.92. The summed E-state index contributed by atoms with van der Waals surface area (Å²) in [5.41, 5.74) is 2.44. The van der Waals surface area contributed by atoms with Gasteiger partial charge in [0, 0.05) is 49.6 Å². The number of nitrogens with zero attached hydrogens (tertiary/aromatic N) is 4. The van der Waals surface area contributed by atoms with Crippen LogP contribution in [0.2, 0.25) is 10.0 Å². The first-order valence-corrected chi connectivity index (χ1v) is 12.1. The van der Waals surface area contributed by atoms with Crippen LogP contribution >= 0.6 is 23.2 Å². The lowest BCUT2D eigenvalue weighted by atomic mass is 10.2. The van der Waals surface area contributed by atoms with Gasteiger partial charge in [-0.2, -0.15) is 0 Å². The first kappa shape index (κ1) is 25.9. The van der Waals surface area contributed by atoms with Crippen LogP contribution < -0.4 is 29.2 Å². The standard InChI is InChI=1S/C25H29Cl2N5O4/c1-31-7-9-32(10-8-31)19-6-5-16(11-20(19)33-2)30-25-28-13-17(14-29-25)36-15-18-23(26)21(34-3)12-22(35-4)24(18)27/h5-6,11-14H,7-10,15H2,1-4H3,(H,28,29,30). The summed E-state index contributed by atoms with van der Waals surface area (Å²) in [4.78, 5) is 13.4. The monoisotopic (exact) mass is 533 g/mol. The molecule has 1 fully saturated rings. The fraction of sp³-hybridized carbons (Fsp3) is 0.360. The number of halogens is 2. The third-order valence-electron chi connectivity index (χ3n) is 5.96. The number of anilines is 3. The molecule has 1 aliphatic rings. The number of hydrogen-bond donors (Lipinski definition) is 1. The molecule has 1 N–H and O–H groups in total. The second-order valence-corrected chi connectivity index (χ2v) is 8.98. The van der Waals surface area contributed by atoms with Crippen LogP contribution in [0.3, 0.4) is 0 Å². The molecule has 1 aromatic heterocycles. The summed E-state index contributed by atoms with van der Waals surface area (Å²) in [7, 11) is 6.86. The summed E-state index contributed by atoms with van der Waals surface area (Å²) in [5.74, 6) is 2.57. The lowest BCUT2D eigenvalue weighted by Gasteiger charge is -2.34. The molecule has 2 aromatic carbocycles. The van der Waals surface area contributed by atoms with Crippen molar-refractivity contribution in [1.29, 1.82) is 0 Å². The second kappa shape index (κ2) is 11.7. The molecule has 0 saturated carbocycles. The Morgan fingerprint density at radius 2 is 1.47 bits per heavy atom. The van der Waals surface area contributed by atoms with Crippen molar-refractivity contribution in [3.05, 3.63) is 52.3 Å². The van der Waals surface area contributed by atoms with E-state index in [0.717, 1.165) is 43.3 Å². The van der Waals surface area contributed by atoms with E-state index in [0.29, 0.717) is 38.8 Å². The number of hydrogen-bond acceptors (Lipinski definition) is 9. The molecular weight excluding hydrogens is 505 g/mol. The van der Waals surface area contributed by atoms with Gasteiger partial charge < -0.3 is 34.1 Å². The Morgan fingerprint density at radius 3 is 2.06 bits per heavy atom. The third-order valence-corrected chi connectivity index (χ3v) is 6.78. The van der Waals surface area contributed by atoms with Gasteiger partial charge in [0.25, 0.3) is 0 Å². The highest BCUT2D eigenvalue weighted by molar-refractivity contribution is 6.37. The number of piperazine rings is 1. The zero-order chi connectivity index (χ0) is 25.7. The Hall–Kier alpha value is -3.14. The van der Waals surface area contributed by atoms with Crippen LogP contribution in [0.25, 0.3) is 0 Å². The summed E-state index contributed by atoms with van der Waals surface area (Å²) < 4.78 is 22.1. The minimum absolute atomic E-state index is 0.0896. The summed E-state index contributed by atoms with van der Waals surface area (Å²) in [6.45, 7) is 4.06. The average Bonchev–Trinajstić information content (AvgIpc) is 2.90. The molecule has 0 bridgehead atoms. The lowest BCUT2D eigenvalue weighted by Crippen LogP contribution is -2.44. The first-order chi connectivity index (χ1) is 17.4. The molecule has 0 radical (unpaired) electrons. The molecule has 0 amide bonds. The zero-order valence-corrected chi connectivity index (χ0v) is 22.2. The summed E-state index contributed by atoms with van der Waals surface area (Å²) in [6, 6.07) is 7.62. The Bertz CT molecular complexity index is 1160. The van der Waals surface area contributed by atoms with Crippen LogP contribution in [0.15, 0.2) is 36.7 Å². The van der Waals surface area contributed by atoms with Crippen LogP contribution in [0.1, 0.15) is 5.56 Å². The summed E-state index contributed by atoms with van der Waals surface area (Å²) in [6.07, 6.45) is 3.15. The lowest BCUT2D eigenvalue weighted by molar-refractivity contribution is 0.301. The molecule has 0 unspecified atom stereocenters. The normalized spacial score (nSPS) is 13.9. The van der Waals surface area contributed by atoms with E-state index in [1.807, 2.05) is 12.1 Å². The van der Waals surface area contributed by atoms with Crippen molar-refractivity contribution in [3.8, 4) is 23.0 Å². The van der Waals surface area contributed by atoms with Gasteiger partial charge >= 0.3 is 0 Å². The van der Waals surface area contributed by atoms with Gasteiger partial charge in [0.05, 0.1) is 49.5 Å². The molecule has 1 aliphatic heterocycles. The van der Waals surface area contributed by atoms with Crippen molar-refractivity contribution in [2.45, 2.75) is 6.61 Å². The maximum atomic E-state index is 6.42. The van der Waals surface area contributed by atoms with E-state index in [1.165, 1.54) is 14.2 Å². The minimum atomic E-state index is 0.0896. The molecule has 11 heteroatoms. The Morgan fingerprint density at radius 1 is 0.861 bits per heavy atom. The third kappa shape index (κ3) is 5.80. The molecular formula is C25H29Cl2N5O4. The number of ether oxygens (including phenoxy) is 4. The maximum absolute atomic E-state index is 6.42. The van der Waals surface area contributed by atoms with Gasteiger partial charge in [-0.15, -0.1) is 0 Å². The van der Waals surface area contributed by atoms with Crippen molar-refractivity contribution in [1.82, 2.24) is 14.9 Å². The molecule has 3 aromatic rings. The molecule has 0 atom stereocenters. The van der Waals surface area contributed by atoms with E-state index in [1.54, 1.807) is 25.6 Å². The van der Waals surface area contributed by atoms with Crippen molar-refractivity contribution in [2.24, 2.45) is 0 Å². The van der Waals surface area contributed by atoms with Gasteiger partial charge in [-0.05, 0) is 19.2 Å². The molecule has 4 rings (SSSR count). The molecule has 9 nitrogen and oxygen atoms in total. The smallest absolute Gasteiger partial charge is 0.227 e. The molecule has 36 heavy (non-hydrogen) atoms. The van der Waals surface area contributed by atoms with E-state index in [2.05, 4.69) is 38.2 Å². The van der Waals surface area contributed by atoms with E-state index < -0.39 is 0 Å². The highest BCUT2D eigenvalue weighted by Gasteiger charge is 2.19. The van der Waals surface area contributed by atoms with E-state index >= 15 is 0 Å². The van der Waals surface area contributed by atoms with Crippen molar-refractivity contribution < 1.29 is 18.9 Å². The van der Waals surface area contributed by atoms with Gasteiger partial charge in [-0.1, -0.05) is 23.2 Å². The predicted molar refractivity (Wildman–Crippen MR) is 142 cm³/mol. The highest BCUT2D eigenvalue weighted by atomic mass is 35.5. The van der Waals surface area contributed by atoms with Crippen LogP contribution in [0.5, 0.6) is 23.0 Å². The van der Waals surface area contributed by atoms with Crippen LogP contribution in [0.4, 0.5) is 17.3 Å². The molecule has 0 spiro atoms. The number of aromatic nitrogens is 2.